The van der Waals surface area contributed by atoms with Crippen molar-refractivity contribution < 1.29 is 14.4 Å². The Hall–Kier alpha value is -2.31. The van der Waals surface area contributed by atoms with E-state index in [-0.39, 0.29) is 17.5 Å². The number of benzene rings is 2. The molecule has 1 saturated heterocycles. The molecular weight excluding hydrogens is 510 g/mol. The van der Waals surface area contributed by atoms with E-state index in [4.69, 9.17) is 9.47 Å². The van der Waals surface area contributed by atoms with Crippen molar-refractivity contribution in [1.29, 1.82) is 5.26 Å². The maximum absolute atomic E-state index is 11.9. The maximum atomic E-state index is 11.9. The van der Waals surface area contributed by atoms with Crippen LogP contribution in [0.5, 0.6) is 0 Å². The fourth-order valence-corrected chi connectivity index (χ4v) is 5.32. The number of nitrogens with zero attached hydrogens (tertiary/aromatic N) is 3. The van der Waals surface area contributed by atoms with Gasteiger partial charge in [-0.3, -0.25) is 15.0 Å². The molecule has 0 bridgehead atoms. The van der Waals surface area contributed by atoms with Gasteiger partial charge in [-0.15, -0.1) is 0 Å². The van der Waals surface area contributed by atoms with Crippen molar-refractivity contribution in [3.8, 4) is 6.07 Å². The lowest BCUT2D eigenvalue weighted by atomic mass is 9.65. The van der Waals surface area contributed by atoms with Crippen LogP contribution < -0.4 is 0 Å². The largest absolute Gasteiger partial charge is 0.349 e. The number of halogens is 1. The van der Waals surface area contributed by atoms with Crippen LogP contribution in [0.4, 0.5) is 0 Å². The Morgan fingerprint density at radius 2 is 1.80 bits per heavy atom. The van der Waals surface area contributed by atoms with Crippen LogP contribution >= 0.6 is 15.9 Å². The van der Waals surface area contributed by atoms with Gasteiger partial charge in [0.2, 0.25) is 6.54 Å². The second-order valence-electron chi connectivity index (χ2n) is 10.7. The first-order chi connectivity index (χ1) is 16.3. The highest BCUT2D eigenvalue weighted by Crippen LogP contribution is 2.48. The van der Waals surface area contributed by atoms with Gasteiger partial charge in [0.05, 0.1) is 24.6 Å². The number of likely N-dealkylation sites (N-methyl/N-ethyl adjacent to an activating group) is 1. The summed E-state index contributed by atoms with van der Waals surface area (Å²) in [5, 5.41) is 22.8. The molecule has 0 N–H and O–H groups in total. The molecular formula is C27H34BrN3O4. The van der Waals surface area contributed by atoms with E-state index in [1.807, 2.05) is 101 Å². The zero-order chi connectivity index (χ0) is 26.0. The zero-order valence-corrected chi connectivity index (χ0v) is 22.8. The monoisotopic (exact) mass is 543 g/mol. The summed E-state index contributed by atoms with van der Waals surface area (Å²) in [5.41, 5.74) is -0.214. The molecule has 0 amide bonds. The van der Waals surface area contributed by atoms with Crippen LogP contribution in [0.15, 0.2) is 59.1 Å². The first-order valence-corrected chi connectivity index (χ1v) is 12.5. The third kappa shape index (κ3) is 5.75. The standard InChI is InChI=1S/C27H34BrN3O4/c1-25(2,3)23(16-31(32)33)27(18-29,20-12-14-21(28)15-13-20)30(6)22-17-34-26(4,5)35-24(22)19-10-8-7-9-11-19/h7-15,22-24H,16-17H2,1-6H3/t22-,23+,24-,27+/m0/s1. The second-order valence-corrected chi connectivity index (χ2v) is 11.6. The van der Waals surface area contributed by atoms with Crippen LogP contribution in [-0.4, -0.2) is 41.9 Å². The smallest absolute Gasteiger partial charge is 0.210 e. The molecule has 0 aliphatic carbocycles. The lowest BCUT2D eigenvalue weighted by Crippen LogP contribution is -2.62. The second kappa shape index (κ2) is 10.4. The summed E-state index contributed by atoms with van der Waals surface area (Å²) >= 11 is 3.47. The topological polar surface area (TPSA) is 88.6 Å². The van der Waals surface area contributed by atoms with Crippen LogP contribution in [0.2, 0.25) is 0 Å². The Morgan fingerprint density at radius 1 is 1.20 bits per heavy atom. The van der Waals surface area contributed by atoms with E-state index < -0.39 is 28.8 Å². The molecule has 1 heterocycles. The van der Waals surface area contributed by atoms with Crippen molar-refractivity contribution in [1.82, 2.24) is 4.90 Å². The Bertz CT molecular complexity index is 1060. The van der Waals surface area contributed by atoms with Crippen molar-refractivity contribution in [3.63, 3.8) is 0 Å². The summed E-state index contributed by atoms with van der Waals surface area (Å²) in [6.07, 6.45) is -0.399. The molecule has 7 nitrogen and oxygen atoms in total. The summed E-state index contributed by atoms with van der Waals surface area (Å²) in [7, 11) is 1.86. The SMILES string of the molecule is CN([C@H]1COC(C)(C)O[C@H]1c1ccccc1)[C@](C#N)(c1ccc(Br)cc1)[C@H](C[N+](=O)[O-])C(C)(C)C. The fraction of sp³-hybridized carbons (Fsp3) is 0.519. The Labute approximate surface area is 216 Å². The van der Waals surface area contributed by atoms with Gasteiger partial charge in [0.1, 0.15) is 11.6 Å². The minimum atomic E-state index is -1.32. The van der Waals surface area contributed by atoms with E-state index in [0.29, 0.717) is 12.2 Å². The molecule has 4 atom stereocenters. The van der Waals surface area contributed by atoms with E-state index in [1.165, 1.54) is 0 Å². The average molecular weight is 544 g/mol. The molecule has 35 heavy (non-hydrogen) atoms. The van der Waals surface area contributed by atoms with Gasteiger partial charge < -0.3 is 9.47 Å². The summed E-state index contributed by atoms with van der Waals surface area (Å²) in [6, 6.07) is 19.5. The zero-order valence-electron chi connectivity index (χ0n) is 21.2. The molecule has 0 unspecified atom stereocenters. The number of hydrogen-bond donors (Lipinski definition) is 0. The molecule has 1 aliphatic rings. The van der Waals surface area contributed by atoms with Gasteiger partial charge >= 0.3 is 0 Å². The molecule has 2 aromatic carbocycles. The first-order valence-electron chi connectivity index (χ1n) is 11.7. The summed E-state index contributed by atoms with van der Waals surface area (Å²) in [6.45, 7) is 9.54. The van der Waals surface area contributed by atoms with Crippen LogP contribution in [0.1, 0.15) is 51.8 Å². The highest BCUT2D eigenvalue weighted by molar-refractivity contribution is 9.10. The van der Waals surface area contributed by atoms with Crippen molar-refractivity contribution in [3.05, 3.63) is 80.3 Å². The molecule has 8 heteroatoms. The fourth-order valence-electron chi connectivity index (χ4n) is 5.06. The van der Waals surface area contributed by atoms with Crippen molar-refractivity contribution in [2.45, 2.75) is 58.1 Å². The number of rotatable bonds is 7. The minimum Gasteiger partial charge on any atom is -0.349 e. The van der Waals surface area contributed by atoms with E-state index in [1.54, 1.807) is 0 Å². The van der Waals surface area contributed by atoms with Gasteiger partial charge in [-0.2, -0.15) is 5.26 Å². The molecule has 1 aliphatic heterocycles. The van der Waals surface area contributed by atoms with E-state index in [9.17, 15) is 15.4 Å². The molecule has 0 aromatic heterocycles. The van der Waals surface area contributed by atoms with E-state index in [0.717, 1.165) is 10.0 Å². The van der Waals surface area contributed by atoms with Gasteiger partial charge in [0.25, 0.3) is 0 Å². The predicted molar refractivity (Wildman–Crippen MR) is 138 cm³/mol. The van der Waals surface area contributed by atoms with Gasteiger partial charge in [-0.25, -0.2) is 0 Å². The minimum absolute atomic E-state index is 0.304. The predicted octanol–water partition coefficient (Wildman–Crippen LogP) is 5.93. The van der Waals surface area contributed by atoms with Gasteiger partial charge in [0, 0.05) is 9.40 Å². The van der Waals surface area contributed by atoms with Crippen molar-refractivity contribution in [2.75, 3.05) is 20.2 Å². The van der Waals surface area contributed by atoms with Crippen LogP contribution in [-0.2, 0) is 15.0 Å². The van der Waals surface area contributed by atoms with Gasteiger partial charge in [-0.1, -0.05) is 79.2 Å². The van der Waals surface area contributed by atoms with Gasteiger partial charge in [-0.05, 0) is 49.6 Å². The summed E-state index contributed by atoms with van der Waals surface area (Å²) in [5.74, 6) is -1.44. The maximum Gasteiger partial charge on any atom is 0.210 e. The Morgan fingerprint density at radius 3 is 2.31 bits per heavy atom. The Balaban J connectivity index is 2.22. The Kier molecular flexibility index (Phi) is 8.07. The average Bonchev–Trinajstić information content (AvgIpc) is 2.79. The number of hydrogen-bond acceptors (Lipinski definition) is 6. The molecule has 1 fully saturated rings. The van der Waals surface area contributed by atoms with Crippen LogP contribution in [0.3, 0.4) is 0 Å². The van der Waals surface area contributed by atoms with Crippen molar-refractivity contribution >= 4 is 15.9 Å². The molecule has 3 rings (SSSR count). The van der Waals surface area contributed by atoms with E-state index in [2.05, 4.69) is 22.0 Å². The number of ether oxygens (including phenoxy) is 2. The quantitative estimate of drug-likeness (QED) is 0.317. The molecule has 188 valence electrons. The molecule has 0 saturated carbocycles. The van der Waals surface area contributed by atoms with Crippen molar-refractivity contribution in [2.24, 2.45) is 11.3 Å². The number of nitro groups is 1. The third-order valence-corrected chi connectivity index (χ3v) is 7.41. The molecule has 0 spiro atoms. The lowest BCUT2D eigenvalue weighted by molar-refractivity contribution is -0.495. The van der Waals surface area contributed by atoms with Crippen LogP contribution in [0, 0.1) is 32.8 Å². The molecule has 0 radical (unpaired) electrons. The van der Waals surface area contributed by atoms with Gasteiger partial charge in [0.15, 0.2) is 5.79 Å². The van der Waals surface area contributed by atoms with Crippen LogP contribution in [0.25, 0.3) is 0 Å². The highest BCUT2D eigenvalue weighted by atomic mass is 79.9. The summed E-state index contributed by atoms with van der Waals surface area (Å²) in [4.78, 5) is 13.5. The lowest BCUT2D eigenvalue weighted by Gasteiger charge is -2.52. The first kappa shape index (κ1) is 27.3. The summed E-state index contributed by atoms with van der Waals surface area (Å²) < 4.78 is 13.4. The highest BCUT2D eigenvalue weighted by Gasteiger charge is 2.56. The van der Waals surface area contributed by atoms with E-state index >= 15 is 0 Å². The normalized spacial score (nSPS) is 22.7. The molecule has 2 aromatic rings. The number of nitriles is 1. The third-order valence-electron chi connectivity index (χ3n) is 6.88.